The summed E-state index contributed by atoms with van der Waals surface area (Å²) in [6, 6.07) is 5.11. The maximum absolute atomic E-state index is 11.9. The van der Waals surface area contributed by atoms with Gasteiger partial charge in [-0.25, -0.2) is 0 Å². The maximum Gasteiger partial charge on any atom is 0.253 e. The Morgan fingerprint density at radius 1 is 1.59 bits per heavy atom. The first-order chi connectivity index (χ1) is 8.04. The van der Waals surface area contributed by atoms with Crippen LogP contribution in [0.4, 0.5) is 0 Å². The van der Waals surface area contributed by atoms with Gasteiger partial charge in [0.2, 0.25) is 0 Å². The van der Waals surface area contributed by atoms with Gasteiger partial charge in [0.05, 0.1) is 10.6 Å². The van der Waals surface area contributed by atoms with Crippen LogP contribution in [0.1, 0.15) is 23.7 Å². The average Bonchev–Trinajstić information content (AvgIpc) is 2.29. The van der Waals surface area contributed by atoms with E-state index in [0.29, 0.717) is 22.1 Å². The normalized spacial score (nSPS) is 12.2. The Balaban J connectivity index is 2.66. The molecule has 0 aliphatic rings. The number of benzene rings is 1. The summed E-state index contributed by atoms with van der Waals surface area (Å²) >= 11 is 10.1. The van der Waals surface area contributed by atoms with Crippen LogP contribution in [0.25, 0.3) is 0 Å². The van der Waals surface area contributed by atoms with E-state index in [4.69, 9.17) is 16.3 Å². The number of halogens is 1. The molecule has 0 saturated heterocycles. The first-order valence-electron chi connectivity index (χ1n) is 5.33. The summed E-state index contributed by atoms with van der Waals surface area (Å²) < 4.78 is 4.95. The zero-order chi connectivity index (χ0) is 12.8. The van der Waals surface area contributed by atoms with Gasteiger partial charge in [0, 0.05) is 24.7 Å². The molecule has 94 valence electrons. The average molecular weight is 274 g/mol. The van der Waals surface area contributed by atoms with Crippen LogP contribution < -0.4 is 5.32 Å². The Morgan fingerprint density at radius 3 is 2.94 bits per heavy atom. The molecule has 17 heavy (non-hydrogen) atoms. The van der Waals surface area contributed by atoms with Gasteiger partial charge in [-0.2, -0.15) is 0 Å². The van der Waals surface area contributed by atoms with Crippen LogP contribution in [0.3, 0.4) is 0 Å². The van der Waals surface area contributed by atoms with Gasteiger partial charge in [0.25, 0.3) is 5.91 Å². The largest absolute Gasteiger partial charge is 0.385 e. The number of carbonyl (C=O) groups is 1. The van der Waals surface area contributed by atoms with E-state index in [1.54, 1.807) is 25.3 Å². The Bertz CT molecular complexity index is 398. The van der Waals surface area contributed by atoms with Crippen LogP contribution in [0.15, 0.2) is 23.1 Å². The first kappa shape index (κ1) is 14.4. The molecule has 0 saturated carbocycles. The predicted octanol–water partition coefficient (Wildman–Crippen LogP) is 2.78. The summed E-state index contributed by atoms with van der Waals surface area (Å²) in [7, 11) is 1.63. The van der Waals surface area contributed by atoms with Gasteiger partial charge in [-0.15, -0.1) is 12.6 Å². The van der Waals surface area contributed by atoms with Crippen molar-refractivity contribution in [2.24, 2.45) is 0 Å². The second-order valence-electron chi connectivity index (χ2n) is 3.82. The van der Waals surface area contributed by atoms with Crippen molar-refractivity contribution in [1.29, 1.82) is 0 Å². The smallest absolute Gasteiger partial charge is 0.253 e. The second-order valence-corrected chi connectivity index (χ2v) is 4.74. The summed E-state index contributed by atoms with van der Waals surface area (Å²) in [5.74, 6) is -0.186. The molecule has 3 nitrogen and oxygen atoms in total. The van der Waals surface area contributed by atoms with Gasteiger partial charge < -0.3 is 10.1 Å². The molecule has 0 aliphatic heterocycles. The number of hydrogen-bond acceptors (Lipinski definition) is 3. The zero-order valence-electron chi connectivity index (χ0n) is 9.87. The van der Waals surface area contributed by atoms with E-state index < -0.39 is 0 Å². The lowest BCUT2D eigenvalue weighted by Crippen LogP contribution is -2.33. The molecule has 1 atom stereocenters. The number of amides is 1. The highest BCUT2D eigenvalue weighted by molar-refractivity contribution is 7.80. The van der Waals surface area contributed by atoms with E-state index in [0.717, 1.165) is 6.42 Å². The molecular weight excluding hydrogens is 258 g/mol. The van der Waals surface area contributed by atoms with Crippen molar-refractivity contribution >= 4 is 30.1 Å². The number of carbonyl (C=O) groups excluding carboxylic acids is 1. The topological polar surface area (TPSA) is 38.3 Å². The minimum Gasteiger partial charge on any atom is -0.385 e. The van der Waals surface area contributed by atoms with E-state index in [1.807, 2.05) is 6.92 Å². The molecule has 1 aromatic carbocycles. The van der Waals surface area contributed by atoms with Crippen molar-refractivity contribution in [3.8, 4) is 0 Å². The fourth-order valence-electron chi connectivity index (χ4n) is 1.36. The van der Waals surface area contributed by atoms with Crippen molar-refractivity contribution in [3.05, 3.63) is 28.8 Å². The highest BCUT2D eigenvalue weighted by atomic mass is 35.5. The lowest BCUT2D eigenvalue weighted by Gasteiger charge is -2.14. The first-order valence-corrected chi connectivity index (χ1v) is 6.15. The molecule has 1 N–H and O–H groups in total. The molecule has 0 spiro atoms. The Morgan fingerprint density at radius 2 is 2.29 bits per heavy atom. The molecule has 0 aromatic heterocycles. The fourth-order valence-corrected chi connectivity index (χ4v) is 1.76. The zero-order valence-corrected chi connectivity index (χ0v) is 11.5. The lowest BCUT2D eigenvalue weighted by atomic mass is 10.2. The number of methoxy groups -OCH3 is 1. The Hall–Kier alpha value is -0.710. The molecule has 1 amide bonds. The van der Waals surface area contributed by atoms with Gasteiger partial charge in [0.1, 0.15) is 0 Å². The number of ether oxygens (including phenoxy) is 1. The lowest BCUT2D eigenvalue weighted by molar-refractivity contribution is 0.0929. The van der Waals surface area contributed by atoms with E-state index >= 15 is 0 Å². The number of rotatable bonds is 5. The molecule has 0 aliphatic carbocycles. The third kappa shape index (κ3) is 4.58. The van der Waals surface area contributed by atoms with Crippen LogP contribution in [0.5, 0.6) is 0 Å². The van der Waals surface area contributed by atoms with E-state index in [-0.39, 0.29) is 11.9 Å². The van der Waals surface area contributed by atoms with Crippen LogP contribution in [-0.2, 0) is 4.74 Å². The number of thiol groups is 1. The summed E-state index contributed by atoms with van der Waals surface area (Å²) in [6.45, 7) is 2.54. The second kappa shape index (κ2) is 6.89. The molecule has 1 unspecified atom stereocenters. The summed E-state index contributed by atoms with van der Waals surface area (Å²) in [4.78, 5) is 12.6. The molecule has 5 heteroatoms. The third-order valence-corrected chi connectivity index (χ3v) is 2.93. The van der Waals surface area contributed by atoms with Gasteiger partial charge >= 0.3 is 0 Å². The van der Waals surface area contributed by atoms with E-state index in [1.165, 1.54) is 0 Å². The summed E-state index contributed by atoms with van der Waals surface area (Å²) in [5.41, 5.74) is 0.448. The third-order valence-electron chi connectivity index (χ3n) is 2.33. The van der Waals surface area contributed by atoms with Crippen molar-refractivity contribution in [2.45, 2.75) is 24.3 Å². The minimum absolute atomic E-state index is 0.0436. The molecule has 1 rings (SSSR count). The molecule has 0 heterocycles. The predicted molar refractivity (Wildman–Crippen MR) is 72.1 cm³/mol. The van der Waals surface area contributed by atoms with E-state index in [2.05, 4.69) is 17.9 Å². The van der Waals surface area contributed by atoms with Gasteiger partial charge in [-0.1, -0.05) is 11.6 Å². The summed E-state index contributed by atoms with van der Waals surface area (Å²) in [6.07, 6.45) is 0.764. The standard InChI is InChI=1S/C12H16ClNO2S/c1-8(5-6-16-2)14-12(15)10-7-9(17)3-4-11(10)13/h3-4,7-8,17H,5-6H2,1-2H3,(H,14,15). The van der Waals surface area contributed by atoms with Crippen molar-refractivity contribution in [2.75, 3.05) is 13.7 Å². The highest BCUT2D eigenvalue weighted by Crippen LogP contribution is 2.19. The summed E-state index contributed by atoms with van der Waals surface area (Å²) in [5, 5.41) is 3.29. The van der Waals surface area contributed by atoms with Crippen LogP contribution in [0.2, 0.25) is 5.02 Å². The fraction of sp³-hybridized carbons (Fsp3) is 0.417. The highest BCUT2D eigenvalue weighted by Gasteiger charge is 2.13. The monoisotopic (exact) mass is 273 g/mol. The Kier molecular flexibility index (Phi) is 5.82. The van der Waals surface area contributed by atoms with E-state index in [9.17, 15) is 4.79 Å². The molecule has 1 aromatic rings. The Labute approximate surface area is 112 Å². The van der Waals surface area contributed by atoms with Crippen LogP contribution >= 0.6 is 24.2 Å². The molecular formula is C12H16ClNO2S. The van der Waals surface area contributed by atoms with Crippen LogP contribution in [-0.4, -0.2) is 25.7 Å². The van der Waals surface area contributed by atoms with Crippen molar-refractivity contribution < 1.29 is 9.53 Å². The quantitative estimate of drug-likeness (QED) is 0.810. The molecule has 0 bridgehead atoms. The van der Waals surface area contributed by atoms with Crippen molar-refractivity contribution in [3.63, 3.8) is 0 Å². The number of hydrogen-bond donors (Lipinski definition) is 2. The minimum atomic E-state index is -0.186. The van der Waals surface area contributed by atoms with Gasteiger partial charge in [-0.3, -0.25) is 4.79 Å². The van der Waals surface area contributed by atoms with Crippen LogP contribution in [0, 0.1) is 0 Å². The van der Waals surface area contributed by atoms with Crippen molar-refractivity contribution in [1.82, 2.24) is 5.32 Å². The molecule has 0 radical (unpaired) electrons. The van der Waals surface area contributed by atoms with Gasteiger partial charge in [-0.05, 0) is 31.5 Å². The number of nitrogens with one attached hydrogen (secondary N) is 1. The molecule has 0 fully saturated rings. The SMILES string of the molecule is COCCC(C)NC(=O)c1cc(S)ccc1Cl. The maximum atomic E-state index is 11.9. The van der Waals surface area contributed by atoms with Gasteiger partial charge in [0.15, 0.2) is 0 Å².